The highest BCUT2D eigenvalue weighted by molar-refractivity contribution is 7.22. The van der Waals surface area contributed by atoms with Crippen LogP contribution in [0, 0.1) is 18.3 Å². The molecule has 4 rings (SSSR count). The smallest absolute Gasteiger partial charge is 0.229 e. The topological polar surface area (TPSA) is 74.5 Å². The molecule has 1 N–H and O–H groups in total. The summed E-state index contributed by atoms with van der Waals surface area (Å²) < 4.78 is 1.10. The summed E-state index contributed by atoms with van der Waals surface area (Å²) in [4.78, 5) is 13.5. The summed E-state index contributed by atoms with van der Waals surface area (Å²) in [6.45, 7) is 1.82. The Hall–Kier alpha value is -3.30. The molecule has 0 amide bonds. The number of fused-ring (bicyclic) bond motifs is 1. The molecule has 0 saturated carbocycles. The van der Waals surface area contributed by atoms with Gasteiger partial charge in [-0.1, -0.05) is 53.8 Å². The molecule has 0 aliphatic rings. The molecule has 25 heavy (non-hydrogen) atoms. The van der Waals surface area contributed by atoms with Crippen molar-refractivity contribution in [3.8, 4) is 17.3 Å². The van der Waals surface area contributed by atoms with E-state index in [0.29, 0.717) is 22.9 Å². The van der Waals surface area contributed by atoms with Crippen LogP contribution in [-0.2, 0) is 0 Å². The normalized spacial score (nSPS) is 10.6. The first-order valence-electron chi connectivity index (χ1n) is 7.71. The molecule has 6 heteroatoms. The van der Waals surface area contributed by atoms with Crippen molar-refractivity contribution in [3.05, 3.63) is 65.9 Å². The van der Waals surface area contributed by atoms with Crippen molar-refractivity contribution in [2.75, 3.05) is 5.32 Å². The molecule has 2 aromatic carbocycles. The lowest BCUT2D eigenvalue weighted by Crippen LogP contribution is -2.03. The number of hydrogen-bond acceptors (Lipinski definition) is 6. The number of benzene rings is 2. The Kier molecular flexibility index (Phi) is 3.84. The monoisotopic (exact) mass is 343 g/mol. The molecule has 0 saturated heterocycles. The Morgan fingerprint density at radius 3 is 2.48 bits per heavy atom. The highest BCUT2D eigenvalue weighted by Crippen LogP contribution is 2.29. The van der Waals surface area contributed by atoms with Crippen molar-refractivity contribution in [2.45, 2.75) is 6.92 Å². The summed E-state index contributed by atoms with van der Waals surface area (Å²) in [5.74, 6) is 0.439. The minimum absolute atomic E-state index is 0.439. The van der Waals surface area contributed by atoms with Gasteiger partial charge in [0.2, 0.25) is 5.95 Å². The quantitative estimate of drug-likeness (QED) is 0.585. The van der Waals surface area contributed by atoms with E-state index in [1.54, 1.807) is 11.3 Å². The van der Waals surface area contributed by atoms with Gasteiger partial charge in [0, 0.05) is 5.56 Å². The number of aryl methyl sites for hydroxylation is 1. The van der Waals surface area contributed by atoms with Crippen molar-refractivity contribution < 1.29 is 0 Å². The van der Waals surface area contributed by atoms with Gasteiger partial charge >= 0.3 is 0 Å². The molecule has 2 aromatic heterocycles. The second-order valence-electron chi connectivity index (χ2n) is 5.45. The van der Waals surface area contributed by atoms with Gasteiger partial charge in [0.1, 0.15) is 6.07 Å². The van der Waals surface area contributed by atoms with Crippen molar-refractivity contribution in [3.63, 3.8) is 0 Å². The van der Waals surface area contributed by atoms with Crippen molar-refractivity contribution in [1.82, 2.24) is 15.0 Å². The molecule has 0 aliphatic carbocycles. The Bertz CT molecular complexity index is 1060. The van der Waals surface area contributed by atoms with Gasteiger partial charge in [0.25, 0.3) is 0 Å². The van der Waals surface area contributed by atoms with Crippen molar-refractivity contribution in [2.24, 2.45) is 0 Å². The van der Waals surface area contributed by atoms with Crippen LogP contribution in [-0.4, -0.2) is 15.0 Å². The molecule has 4 aromatic rings. The molecule has 0 spiro atoms. The fourth-order valence-corrected chi connectivity index (χ4v) is 3.45. The number of nitriles is 1. The van der Waals surface area contributed by atoms with Crippen LogP contribution in [0.4, 0.5) is 11.1 Å². The minimum Gasteiger partial charge on any atom is -0.300 e. The van der Waals surface area contributed by atoms with E-state index in [9.17, 15) is 5.26 Å². The molecule has 5 nitrogen and oxygen atoms in total. The zero-order valence-corrected chi connectivity index (χ0v) is 14.2. The van der Waals surface area contributed by atoms with Gasteiger partial charge in [-0.3, -0.25) is 5.32 Å². The lowest BCUT2D eigenvalue weighted by atomic mass is 10.1. The third-order valence-electron chi connectivity index (χ3n) is 3.76. The molecule has 0 unspecified atom stereocenters. The maximum atomic E-state index is 9.48. The van der Waals surface area contributed by atoms with E-state index in [-0.39, 0.29) is 0 Å². The highest BCUT2D eigenvalue weighted by atomic mass is 32.1. The number of thiazole rings is 1. The maximum absolute atomic E-state index is 9.48. The van der Waals surface area contributed by atoms with Crippen molar-refractivity contribution >= 4 is 32.6 Å². The predicted octanol–water partition coefficient (Wildman–Crippen LogP) is 4.68. The zero-order chi connectivity index (χ0) is 17.2. The number of nitrogens with one attached hydrogen (secondary N) is 1. The maximum Gasteiger partial charge on any atom is 0.229 e. The van der Waals surface area contributed by atoms with E-state index in [2.05, 4.69) is 26.3 Å². The Labute approximate surface area is 148 Å². The van der Waals surface area contributed by atoms with Crippen LogP contribution < -0.4 is 5.32 Å². The fourth-order valence-electron chi connectivity index (χ4n) is 2.59. The van der Waals surface area contributed by atoms with Gasteiger partial charge in [-0.2, -0.15) is 5.26 Å². The largest absolute Gasteiger partial charge is 0.300 e. The molecule has 0 aliphatic heterocycles. The first-order chi connectivity index (χ1) is 12.2. The number of rotatable bonds is 3. The molecule has 120 valence electrons. The molecule has 2 heterocycles. The number of hydrogen-bond donors (Lipinski definition) is 1. The van der Waals surface area contributed by atoms with Gasteiger partial charge in [-0.25, -0.2) is 15.0 Å². The lowest BCUT2D eigenvalue weighted by molar-refractivity contribution is 1.09. The Morgan fingerprint density at radius 2 is 1.72 bits per heavy atom. The van der Waals surface area contributed by atoms with E-state index in [1.165, 1.54) is 0 Å². The van der Waals surface area contributed by atoms with Crippen LogP contribution in [0.25, 0.3) is 21.5 Å². The molecule has 0 radical (unpaired) electrons. The SMILES string of the molecule is Cc1nc(Nc2nc3ccccc3s2)nc(-c2ccccc2)c1C#N. The minimum atomic E-state index is 0.439. The molecular weight excluding hydrogens is 330 g/mol. The van der Waals surface area contributed by atoms with Crippen molar-refractivity contribution in [1.29, 1.82) is 5.26 Å². The standard InChI is InChI=1S/C19H13N5S/c1-12-14(11-20)17(13-7-3-2-4-8-13)23-18(21-12)24-19-22-15-9-5-6-10-16(15)25-19/h2-10H,1H3,(H,21,22,23,24). The van der Waals surface area contributed by atoms with Gasteiger partial charge < -0.3 is 0 Å². The average molecular weight is 343 g/mol. The average Bonchev–Trinajstić information content (AvgIpc) is 3.04. The fraction of sp³-hybridized carbons (Fsp3) is 0.0526. The zero-order valence-electron chi connectivity index (χ0n) is 13.4. The summed E-state index contributed by atoms with van der Waals surface area (Å²) in [5, 5.41) is 13.4. The second kappa shape index (κ2) is 6.30. The first kappa shape index (κ1) is 15.2. The molecule has 0 bridgehead atoms. The van der Waals surface area contributed by atoms with Crippen LogP contribution in [0.15, 0.2) is 54.6 Å². The van der Waals surface area contributed by atoms with E-state index in [0.717, 1.165) is 20.9 Å². The number of anilines is 2. The number of aromatic nitrogens is 3. The predicted molar refractivity (Wildman–Crippen MR) is 99.8 cm³/mol. The number of para-hydroxylation sites is 1. The van der Waals surface area contributed by atoms with Gasteiger partial charge in [-0.15, -0.1) is 0 Å². The van der Waals surface area contributed by atoms with Gasteiger partial charge in [-0.05, 0) is 19.1 Å². The Balaban J connectivity index is 1.78. The van der Waals surface area contributed by atoms with E-state index >= 15 is 0 Å². The summed E-state index contributed by atoms with van der Waals surface area (Å²) in [7, 11) is 0. The first-order valence-corrected chi connectivity index (χ1v) is 8.53. The summed E-state index contributed by atoms with van der Waals surface area (Å²) in [5.41, 5.74) is 3.57. The molecular formula is C19H13N5S. The molecule has 0 atom stereocenters. The van der Waals surface area contributed by atoms with Crippen LogP contribution in [0.2, 0.25) is 0 Å². The van der Waals surface area contributed by atoms with Crippen LogP contribution in [0.3, 0.4) is 0 Å². The van der Waals surface area contributed by atoms with Gasteiger partial charge in [0.05, 0.1) is 27.2 Å². The number of nitrogens with zero attached hydrogens (tertiary/aromatic N) is 4. The highest BCUT2D eigenvalue weighted by Gasteiger charge is 2.14. The summed E-state index contributed by atoms with van der Waals surface area (Å²) in [6.07, 6.45) is 0. The third-order valence-corrected chi connectivity index (χ3v) is 4.71. The molecule has 0 fully saturated rings. The van der Waals surface area contributed by atoms with Crippen LogP contribution in [0.5, 0.6) is 0 Å². The third kappa shape index (κ3) is 2.93. The van der Waals surface area contributed by atoms with Crippen LogP contribution >= 0.6 is 11.3 Å². The summed E-state index contributed by atoms with van der Waals surface area (Å²) >= 11 is 1.54. The van der Waals surface area contributed by atoms with Crippen LogP contribution in [0.1, 0.15) is 11.3 Å². The van der Waals surface area contributed by atoms with Gasteiger partial charge in [0.15, 0.2) is 5.13 Å². The lowest BCUT2D eigenvalue weighted by Gasteiger charge is -2.09. The van der Waals surface area contributed by atoms with E-state index < -0.39 is 0 Å². The second-order valence-corrected chi connectivity index (χ2v) is 6.48. The van der Waals surface area contributed by atoms with E-state index in [1.807, 2.05) is 61.5 Å². The summed E-state index contributed by atoms with van der Waals surface area (Å²) in [6, 6.07) is 19.8. The van der Waals surface area contributed by atoms with E-state index in [4.69, 9.17) is 0 Å². The Morgan fingerprint density at radius 1 is 0.960 bits per heavy atom.